The monoisotopic (exact) mass is 324 g/mol. The molecule has 3 rings (SSSR count). The number of carbonyl (C=O) groups is 1. The molecule has 24 heavy (non-hydrogen) atoms. The maximum absolute atomic E-state index is 12.4. The molecule has 5 heteroatoms. The SMILES string of the molecule is Cc1cc(N2CCN(C(=O)CCCc3ccccc3)CC2)ncn1. The van der Waals surface area contributed by atoms with Crippen molar-refractivity contribution in [2.24, 2.45) is 0 Å². The molecule has 0 spiro atoms. The van der Waals surface area contributed by atoms with Crippen molar-refractivity contribution in [3.05, 3.63) is 54.0 Å². The molecule has 1 aliphatic rings. The Morgan fingerprint density at radius 3 is 2.54 bits per heavy atom. The number of benzene rings is 1. The highest BCUT2D eigenvalue weighted by atomic mass is 16.2. The number of nitrogens with zero attached hydrogens (tertiary/aromatic N) is 4. The lowest BCUT2D eigenvalue weighted by Gasteiger charge is -2.35. The van der Waals surface area contributed by atoms with Gasteiger partial charge in [0.2, 0.25) is 5.91 Å². The predicted molar refractivity (Wildman–Crippen MR) is 94.9 cm³/mol. The minimum Gasteiger partial charge on any atom is -0.353 e. The van der Waals surface area contributed by atoms with Crippen LogP contribution in [-0.2, 0) is 11.2 Å². The minimum absolute atomic E-state index is 0.268. The van der Waals surface area contributed by atoms with E-state index in [0.29, 0.717) is 6.42 Å². The molecule has 0 saturated carbocycles. The summed E-state index contributed by atoms with van der Waals surface area (Å²) < 4.78 is 0. The maximum atomic E-state index is 12.4. The van der Waals surface area contributed by atoms with Gasteiger partial charge in [-0.25, -0.2) is 9.97 Å². The molecule has 0 N–H and O–H groups in total. The van der Waals surface area contributed by atoms with E-state index >= 15 is 0 Å². The molecule has 5 nitrogen and oxygen atoms in total. The lowest BCUT2D eigenvalue weighted by molar-refractivity contribution is -0.131. The summed E-state index contributed by atoms with van der Waals surface area (Å²) in [5.74, 6) is 1.23. The van der Waals surface area contributed by atoms with Gasteiger partial charge in [0.25, 0.3) is 0 Å². The van der Waals surface area contributed by atoms with Crippen molar-refractivity contribution >= 4 is 11.7 Å². The fourth-order valence-corrected chi connectivity index (χ4v) is 3.04. The molecule has 0 unspecified atom stereocenters. The molecule has 1 aromatic heterocycles. The summed E-state index contributed by atoms with van der Waals surface area (Å²) >= 11 is 0. The van der Waals surface area contributed by atoms with Gasteiger partial charge in [-0.1, -0.05) is 30.3 Å². The third kappa shape index (κ3) is 4.31. The Bertz CT molecular complexity index is 666. The largest absolute Gasteiger partial charge is 0.353 e. The molecule has 2 heterocycles. The van der Waals surface area contributed by atoms with Crippen LogP contribution in [0.1, 0.15) is 24.1 Å². The van der Waals surface area contributed by atoms with Crippen LogP contribution in [0.2, 0.25) is 0 Å². The molecular weight excluding hydrogens is 300 g/mol. The Hall–Kier alpha value is -2.43. The molecule has 1 aromatic carbocycles. The fraction of sp³-hybridized carbons (Fsp3) is 0.421. The molecule has 0 aliphatic carbocycles. The zero-order valence-corrected chi connectivity index (χ0v) is 14.2. The number of piperazine rings is 1. The number of carbonyl (C=O) groups excluding carboxylic acids is 1. The third-order valence-electron chi connectivity index (χ3n) is 4.44. The van der Waals surface area contributed by atoms with Gasteiger partial charge in [0, 0.05) is 44.4 Å². The highest BCUT2D eigenvalue weighted by Gasteiger charge is 2.21. The number of hydrogen-bond donors (Lipinski definition) is 0. The van der Waals surface area contributed by atoms with Gasteiger partial charge in [0.05, 0.1) is 0 Å². The van der Waals surface area contributed by atoms with Crippen LogP contribution in [0.5, 0.6) is 0 Å². The summed E-state index contributed by atoms with van der Waals surface area (Å²) in [5, 5.41) is 0. The van der Waals surface area contributed by atoms with Gasteiger partial charge in [0.1, 0.15) is 12.1 Å². The van der Waals surface area contributed by atoms with Gasteiger partial charge in [0.15, 0.2) is 0 Å². The molecule has 1 amide bonds. The van der Waals surface area contributed by atoms with Crippen LogP contribution < -0.4 is 4.90 Å². The van der Waals surface area contributed by atoms with Crippen LogP contribution >= 0.6 is 0 Å². The molecular formula is C19H24N4O. The Morgan fingerprint density at radius 1 is 1.08 bits per heavy atom. The number of anilines is 1. The second-order valence-corrected chi connectivity index (χ2v) is 6.22. The van der Waals surface area contributed by atoms with E-state index in [4.69, 9.17) is 0 Å². The van der Waals surface area contributed by atoms with Gasteiger partial charge in [-0.15, -0.1) is 0 Å². The number of aryl methyl sites for hydroxylation is 2. The van der Waals surface area contributed by atoms with Crippen LogP contribution in [0.4, 0.5) is 5.82 Å². The van der Waals surface area contributed by atoms with E-state index < -0.39 is 0 Å². The van der Waals surface area contributed by atoms with Crippen molar-refractivity contribution in [3.8, 4) is 0 Å². The summed E-state index contributed by atoms with van der Waals surface area (Å²) in [7, 11) is 0. The van der Waals surface area contributed by atoms with Gasteiger partial charge >= 0.3 is 0 Å². The van der Waals surface area contributed by atoms with Crippen LogP contribution in [0.15, 0.2) is 42.7 Å². The summed E-state index contributed by atoms with van der Waals surface area (Å²) in [5.41, 5.74) is 2.27. The normalized spacial score (nSPS) is 14.7. The number of hydrogen-bond acceptors (Lipinski definition) is 4. The Morgan fingerprint density at radius 2 is 1.83 bits per heavy atom. The maximum Gasteiger partial charge on any atom is 0.222 e. The van der Waals surface area contributed by atoms with E-state index in [1.54, 1.807) is 6.33 Å². The van der Waals surface area contributed by atoms with Crippen molar-refractivity contribution in [1.29, 1.82) is 0 Å². The van der Waals surface area contributed by atoms with Crippen LogP contribution in [0, 0.1) is 6.92 Å². The van der Waals surface area contributed by atoms with E-state index in [-0.39, 0.29) is 5.91 Å². The van der Waals surface area contributed by atoms with Crippen molar-refractivity contribution in [2.75, 3.05) is 31.1 Å². The highest BCUT2D eigenvalue weighted by molar-refractivity contribution is 5.76. The van der Waals surface area contributed by atoms with Crippen LogP contribution in [0.25, 0.3) is 0 Å². The smallest absolute Gasteiger partial charge is 0.222 e. The van der Waals surface area contributed by atoms with Crippen LogP contribution in [-0.4, -0.2) is 47.0 Å². The first-order chi connectivity index (χ1) is 11.7. The second kappa shape index (κ2) is 7.90. The molecule has 0 atom stereocenters. The summed E-state index contributed by atoms with van der Waals surface area (Å²) in [6.45, 7) is 5.18. The Kier molecular flexibility index (Phi) is 5.41. The predicted octanol–water partition coefficient (Wildman–Crippen LogP) is 2.46. The van der Waals surface area contributed by atoms with E-state index in [2.05, 4.69) is 27.0 Å². The molecule has 1 fully saturated rings. The van der Waals surface area contributed by atoms with Crippen molar-refractivity contribution in [3.63, 3.8) is 0 Å². The van der Waals surface area contributed by atoms with Gasteiger partial charge in [-0.2, -0.15) is 0 Å². The second-order valence-electron chi connectivity index (χ2n) is 6.22. The van der Waals surface area contributed by atoms with E-state index in [1.807, 2.05) is 36.1 Å². The third-order valence-corrected chi connectivity index (χ3v) is 4.44. The number of aromatic nitrogens is 2. The first-order valence-corrected chi connectivity index (χ1v) is 8.58. The summed E-state index contributed by atoms with van der Waals surface area (Å²) in [6.07, 6.45) is 4.11. The van der Waals surface area contributed by atoms with Crippen molar-refractivity contribution in [2.45, 2.75) is 26.2 Å². The van der Waals surface area contributed by atoms with Crippen LogP contribution in [0.3, 0.4) is 0 Å². The van der Waals surface area contributed by atoms with Gasteiger partial charge < -0.3 is 9.80 Å². The molecule has 1 saturated heterocycles. The Labute approximate surface area is 143 Å². The number of rotatable bonds is 5. The standard InChI is InChI=1S/C19H24N4O/c1-16-14-18(21-15-20-16)22-10-12-23(13-11-22)19(24)9-5-8-17-6-3-2-4-7-17/h2-4,6-7,14-15H,5,8-13H2,1H3. The molecule has 126 valence electrons. The Balaban J connectivity index is 1.43. The molecule has 2 aromatic rings. The molecule has 0 bridgehead atoms. The average molecular weight is 324 g/mol. The average Bonchev–Trinajstić information content (AvgIpc) is 2.63. The lowest BCUT2D eigenvalue weighted by Crippen LogP contribution is -2.49. The van der Waals surface area contributed by atoms with E-state index in [9.17, 15) is 4.79 Å². The van der Waals surface area contributed by atoms with Gasteiger partial charge in [-0.05, 0) is 25.3 Å². The van der Waals surface area contributed by atoms with E-state index in [1.165, 1.54) is 5.56 Å². The highest BCUT2D eigenvalue weighted by Crippen LogP contribution is 2.14. The first-order valence-electron chi connectivity index (χ1n) is 8.58. The van der Waals surface area contributed by atoms with Gasteiger partial charge in [-0.3, -0.25) is 4.79 Å². The summed E-state index contributed by atoms with van der Waals surface area (Å²) in [4.78, 5) is 25.0. The van der Waals surface area contributed by atoms with Crippen molar-refractivity contribution in [1.82, 2.24) is 14.9 Å². The molecule has 0 radical (unpaired) electrons. The zero-order chi connectivity index (χ0) is 16.8. The lowest BCUT2D eigenvalue weighted by atomic mass is 10.1. The quantitative estimate of drug-likeness (QED) is 0.848. The zero-order valence-electron chi connectivity index (χ0n) is 14.2. The number of amides is 1. The fourth-order valence-electron chi connectivity index (χ4n) is 3.04. The minimum atomic E-state index is 0.268. The summed E-state index contributed by atoms with van der Waals surface area (Å²) in [6, 6.07) is 12.3. The first kappa shape index (κ1) is 16.4. The topological polar surface area (TPSA) is 49.3 Å². The van der Waals surface area contributed by atoms with Crippen molar-refractivity contribution < 1.29 is 4.79 Å². The van der Waals surface area contributed by atoms with E-state index in [0.717, 1.165) is 50.5 Å². The molecule has 1 aliphatic heterocycles.